The maximum atomic E-state index is 5.74. The second-order valence-electron chi connectivity index (χ2n) is 3.99. The fraction of sp³-hybridized carbons (Fsp3) is 0.417. The number of rotatable bonds is 3. The predicted molar refractivity (Wildman–Crippen MR) is 67.7 cm³/mol. The average Bonchev–Trinajstić information content (AvgIpc) is 2.85. The van der Waals surface area contributed by atoms with Crippen LogP contribution in [0.3, 0.4) is 0 Å². The molecule has 5 heteroatoms. The minimum absolute atomic E-state index is 0.154. The Hall–Kier alpha value is -1.17. The van der Waals surface area contributed by atoms with E-state index in [1.54, 1.807) is 11.3 Å². The van der Waals surface area contributed by atoms with Gasteiger partial charge in [0.1, 0.15) is 18.5 Å². The minimum atomic E-state index is 0.154. The lowest BCUT2D eigenvalue weighted by molar-refractivity contribution is 0.000225. The first kappa shape index (κ1) is 11.0. The van der Waals surface area contributed by atoms with Gasteiger partial charge in [-0.25, -0.2) is 4.98 Å². The third kappa shape index (κ3) is 2.57. The molecule has 0 saturated carbocycles. The van der Waals surface area contributed by atoms with Crippen LogP contribution in [0, 0.1) is 0 Å². The van der Waals surface area contributed by atoms with E-state index in [1.807, 2.05) is 23.7 Å². The zero-order valence-corrected chi connectivity index (χ0v) is 10.2. The van der Waals surface area contributed by atoms with Crippen LogP contribution in [0.25, 0.3) is 10.2 Å². The molecule has 1 saturated heterocycles. The van der Waals surface area contributed by atoms with E-state index in [4.69, 9.17) is 9.47 Å². The summed E-state index contributed by atoms with van der Waals surface area (Å²) in [6.45, 7) is 3.16. The van der Waals surface area contributed by atoms with Gasteiger partial charge in [-0.05, 0) is 18.2 Å². The van der Waals surface area contributed by atoms with Crippen LogP contribution in [0.1, 0.15) is 0 Å². The number of hydrogen-bond donors (Lipinski definition) is 1. The molecule has 4 nitrogen and oxygen atoms in total. The van der Waals surface area contributed by atoms with Crippen molar-refractivity contribution < 1.29 is 9.47 Å². The molecule has 0 unspecified atom stereocenters. The molecule has 3 rings (SSSR count). The Kier molecular flexibility index (Phi) is 3.22. The van der Waals surface area contributed by atoms with E-state index in [2.05, 4.69) is 10.3 Å². The van der Waals surface area contributed by atoms with Crippen molar-refractivity contribution in [2.24, 2.45) is 0 Å². The van der Waals surface area contributed by atoms with Crippen molar-refractivity contribution in [3.05, 3.63) is 23.7 Å². The molecule has 0 amide bonds. The highest BCUT2D eigenvalue weighted by Gasteiger charge is 2.13. The fourth-order valence-electron chi connectivity index (χ4n) is 1.84. The number of benzene rings is 1. The van der Waals surface area contributed by atoms with E-state index < -0.39 is 0 Å². The van der Waals surface area contributed by atoms with E-state index in [-0.39, 0.29) is 6.10 Å². The molecular formula is C12H14N2O2S. The Morgan fingerprint density at radius 2 is 2.53 bits per heavy atom. The van der Waals surface area contributed by atoms with E-state index >= 15 is 0 Å². The maximum Gasteiger partial charge on any atom is 0.121 e. The number of fused-ring (bicyclic) bond motifs is 1. The van der Waals surface area contributed by atoms with Crippen LogP contribution < -0.4 is 10.1 Å². The lowest BCUT2D eigenvalue weighted by Gasteiger charge is -2.23. The van der Waals surface area contributed by atoms with Gasteiger partial charge in [0, 0.05) is 13.1 Å². The molecular weight excluding hydrogens is 236 g/mol. The zero-order valence-electron chi connectivity index (χ0n) is 9.39. The molecule has 1 fully saturated rings. The van der Waals surface area contributed by atoms with Crippen LogP contribution >= 0.6 is 11.3 Å². The molecule has 1 aromatic carbocycles. The summed E-state index contributed by atoms with van der Waals surface area (Å²) in [5, 5.41) is 3.28. The molecule has 2 aromatic rings. The summed E-state index contributed by atoms with van der Waals surface area (Å²) < 4.78 is 12.5. The van der Waals surface area contributed by atoms with E-state index in [1.165, 1.54) is 0 Å². The maximum absolute atomic E-state index is 5.74. The summed E-state index contributed by atoms with van der Waals surface area (Å²) in [6, 6.07) is 5.97. The van der Waals surface area contributed by atoms with Crippen LogP contribution in [0.2, 0.25) is 0 Å². The van der Waals surface area contributed by atoms with E-state index in [0.717, 1.165) is 35.7 Å². The van der Waals surface area contributed by atoms with Crippen molar-refractivity contribution in [3.8, 4) is 5.75 Å². The van der Waals surface area contributed by atoms with Gasteiger partial charge in [-0.3, -0.25) is 0 Å². The topological polar surface area (TPSA) is 43.4 Å². The van der Waals surface area contributed by atoms with Crippen LogP contribution in [0.15, 0.2) is 23.7 Å². The van der Waals surface area contributed by atoms with E-state index in [9.17, 15) is 0 Å². The molecule has 1 aliphatic heterocycles. The summed E-state index contributed by atoms with van der Waals surface area (Å²) in [6.07, 6.45) is 0.154. The lowest BCUT2D eigenvalue weighted by Crippen LogP contribution is -2.41. The Morgan fingerprint density at radius 1 is 1.53 bits per heavy atom. The highest BCUT2D eigenvalue weighted by Crippen LogP contribution is 2.23. The third-order valence-corrected chi connectivity index (χ3v) is 3.53. The fourth-order valence-corrected chi connectivity index (χ4v) is 2.55. The van der Waals surface area contributed by atoms with Gasteiger partial charge in [-0.2, -0.15) is 0 Å². The average molecular weight is 250 g/mol. The summed E-state index contributed by atoms with van der Waals surface area (Å²) >= 11 is 1.63. The quantitative estimate of drug-likeness (QED) is 0.900. The number of nitrogens with one attached hydrogen (secondary N) is 1. The standard InChI is InChI=1S/C12H14N2O2S/c1-2-11-12(17-8-14-11)5-9(1)16-7-10-6-13-3-4-15-10/h1-2,5,8,10,13H,3-4,6-7H2/t10-/m0/s1. The lowest BCUT2D eigenvalue weighted by atomic mass is 10.3. The third-order valence-electron chi connectivity index (χ3n) is 2.74. The minimum Gasteiger partial charge on any atom is -0.491 e. The molecule has 0 bridgehead atoms. The number of aromatic nitrogens is 1. The van der Waals surface area contributed by atoms with Gasteiger partial charge in [-0.1, -0.05) is 0 Å². The molecule has 2 heterocycles. The Labute approximate surface area is 104 Å². The smallest absolute Gasteiger partial charge is 0.121 e. The van der Waals surface area contributed by atoms with Gasteiger partial charge in [0.15, 0.2) is 0 Å². The first-order valence-corrected chi connectivity index (χ1v) is 6.58. The van der Waals surface area contributed by atoms with Gasteiger partial charge < -0.3 is 14.8 Å². The van der Waals surface area contributed by atoms with Crippen molar-refractivity contribution in [1.82, 2.24) is 10.3 Å². The van der Waals surface area contributed by atoms with Gasteiger partial charge >= 0.3 is 0 Å². The highest BCUT2D eigenvalue weighted by atomic mass is 32.1. The summed E-state index contributed by atoms with van der Waals surface area (Å²) in [5.74, 6) is 0.885. The molecule has 17 heavy (non-hydrogen) atoms. The Morgan fingerprint density at radius 3 is 3.41 bits per heavy atom. The zero-order chi connectivity index (χ0) is 11.5. The Balaban J connectivity index is 1.63. The number of ether oxygens (including phenoxy) is 2. The van der Waals surface area contributed by atoms with Gasteiger partial charge in [0.05, 0.1) is 22.3 Å². The number of nitrogens with zero attached hydrogens (tertiary/aromatic N) is 1. The molecule has 1 aliphatic rings. The highest BCUT2D eigenvalue weighted by molar-refractivity contribution is 7.16. The van der Waals surface area contributed by atoms with E-state index in [0.29, 0.717) is 6.61 Å². The Bertz CT molecular complexity index is 494. The molecule has 0 radical (unpaired) electrons. The van der Waals surface area contributed by atoms with Crippen LogP contribution in [0.4, 0.5) is 0 Å². The summed E-state index contributed by atoms with van der Waals surface area (Å²) in [7, 11) is 0. The largest absolute Gasteiger partial charge is 0.491 e. The predicted octanol–water partition coefficient (Wildman–Crippen LogP) is 1.66. The van der Waals surface area contributed by atoms with Crippen molar-refractivity contribution in [1.29, 1.82) is 0 Å². The van der Waals surface area contributed by atoms with Gasteiger partial charge in [-0.15, -0.1) is 11.3 Å². The molecule has 0 aliphatic carbocycles. The molecule has 90 valence electrons. The van der Waals surface area contributed by atoms with Crippen molar-refractivity contribution in [3.63, 3.8) is 0 Å². The van der Waals surface area contributed by atoms with Crippen LogP contribution in [-0.2, 0) is 4.74 Å². The first-order chi connectivity index (χ1) is 8.42. The second-order valence-corrected chi connectivity index (χ2v) is 4.88. The van der Waals surface area contributed by atoms with Crippen LogP contribution in [0.5, 0.6) is 5.75 Å². The summed E-state index contributed by atoms with van der Waals surface area (Å²) in [4.78, 5) is 4.24. The molecule has 1 atom stereocenters. The normalized spacial score (nSPS) is 20.6. The van der Waals surface area contributed by atoms with Crippen molar-refractivity contribution in [2.45, 2.75) is 6.10 Å². The number of hydrogen-bond acceptors (Lipinski definition) is 5. The van der Waals surface area contributed by atoms with Crippen molar-refractivity contribution >= 4 is 21.6 Å². The number of thiazole rings is 1. The molecule has 1 aromatic heterocycles. The monoisotopic (exact) mass is 250 g/mol. The number of morpholine rings is 1. The molecule has 1 N–H and O–H groups in total. The SMILES string of the molecule is c1nc2ccc(OC[C@@H]3CNCCO3)cc2s1. The molecule has 0 spiro atoms. The van der Waals surface area contributed by atoms with Gasteiger partial charge in [0.25, 0.3) is 0 Å². The second kappa shape index (κ2) is 5.00. The first-order valence-electron chi connectivity index (χ1n) is 5.70. The van der Waals surface area contributed by atoms with Crippen molar-refractivity contribution in [2.75, 3.05) is 26.3 Å². The van der Waals surface area contributed by atoms with Crippen LogP contribution in [-0.4, -0.2) is 37.4 Å². The van der Waals surface area contributed by atoms with Gasteiger partial charge in [0.2, 0.25) is 0 Å². The summed E-state index contributed by atoms with van der Waals surface area (Å²) in [5.41, 5.74) is 2.88.